The SMILES string of the molecule is CC1(C)CC2(CC2)C[C@@H](CS(=O)(=O)c2nc3ccccc3s2)O1. The van der Waals surface area contributed by atoms with Crippen LogP contribution in [0.3, 0.4) is 0 Å². The topological polar surface area (TPSA) is 56.3 Å². The molecule has 1 spiro atoms. The lowest BCUT2D eigenvalue weighted by Crippen LogP contribution is -2.43. The summed E-state index contributed by atoms with van der Waals surface area (Å²) in [7, 11) is -3.41. The van der Waals surface area contributed by atoms with E-state index in [1.165, 1.54) is 24.2 Å². The van der Waals surface area contributed by atoms with Crippen LogP contribution in [0, 0.1) is 5.41 Å². The van der Waals surface area contributed by atoms with Crippen LogP contribution < -0.4 is 0 Å². The third kappa shape index (κ3) is 3.04. The fourth-order valence-electron chi connectivity index (χ4n) is 3.94. The van der Waals surface area contributed by atoms with Crippen molar-refractivity contribution in [3.8, 4) is 0 Å². The number of sulfone groups is 1. The van der Waals surface area contributed by atoms with Crippen molar-refractivity contribution in [3.05, 3.63) is 24.3 Å². The van der Waals surface area contributed by atoms with Crippen LogP contribution in [0.15, 0.2) is 28.6 Å². The number of nitrogens with zero attached hydrogens (tertiary/aromatic N) is 1. The Bertz CT molecular complexity index is 811. The molecule has 124 valence electrons. The smallest absolute Gasteiger partial charge is 0.210 e. The summed E-state index contributed by atoms with van der Waals surface area (Å²) in [5.41, 5.74) is 0.845. The lowest BCUT2D eigenvalue weighted by molar-refractivity contribution is -0.122. The second kappa shape index (κ2) is 5.01. The van der Waals surface area contributed by atoms with Gasteiger partial charge in [0.25, 0.3) is 0 Å². The van der Waals surface area contributed by atoms with Crippen molar-refractivity contribution in [2.75, 3.05) is 5.75 Å². The van der Waals surface area contributed by atoms with Crippen LogP contribution in [-0.2, 0) is 14.6 Å². The van der Waals surface area contributed by atoms with Crippen molar-refractivity contribution in [1.82, 2.24) is 4.98 Å². The maximum Gasteiger partial charge on any atom is 0.210 e. The fourth-order valence-corrected chi connectivity index (χ4v) is 6.68. The normalized spacial score (nSPS) is 25.7. The molecule has 2 aromatic rings. The van der Waals surface area contributed by atoms with Crippen LogP contribution in [0.1, 0.15) is 39.5 Å². The second-order valence-corrected chi connectivity index (χ2v) is 10.8. The average molecular weight is 351 g/mol. The van der Waals surface area contributed by atoms with Crippen molar-refractivity contribution in [2.24, 2.45) is 5.41 Å². The molecular weight excluding hydrogens is 330 g/mol. The molecule has 0 unspecified atom stereocenters. The van der Waals surface area contributed by atoms with E-state index in [0.29, 0.717) is 5.41 Å². The Morgan fingerprint density at radius 1 is 1.30 bits per heavy atom. The summed E-state index contributed by atoms with van der Waals surface area (Å²) in [6.45, 7) is 4.15. The van der Waals surface area contributed by atoms with E-state index in [1.807, 2.05) is 24.3 Å². The highest BCUT2D eigenvalue weighted by Crippen LogP contribution is 2.58. The first-order valence-electron chi connectivity index (χ1n) is 8.03. The Labute approximate surface area is 140 Å². The van der Waals surface area contributed by atoms with Crippen LogP contribution in [0.4, 0.5) is 0 Å². The summed E-state index contributed by atoms with van der Waals surface area (Å²) >= 11 is 1.25. The number of para-hydroxylation sites is 1. The minimum atomic E-state index is -3.41. The largest absolute Gasteiger partial charge is 0.371 e. The van der Waals surface area contributed by atoms with E-state index in [2.05, 4.69) is 18.8 Å². The quantitative estimate of drug-likeness (QED) is 0.844. The molecule has 2 aliphatic rings. The number of benzene rings is 1. The lowest BCUT2D eigenvalue weighted by Gasteiger charge is -2.41. The number of hydrogen-bond acceptors (Lipinski definition) is 5. The first-order valence-corrected chi connectivity index (χ1v) is 10.5. The fraction of sp³-hybridized carbons (Fsp3) is 0.588. The minimum Gasteiger partial charge on any atom is -0.371 e. The lowest BCUT2D eigenvalue weighted by atomic mass is 9.83. The van der Waals surface area contributed by atoms with Gasteiger partial charge in [-0.2, -0.15) is 0 Å². The van der Waals surface area contributed by atoms with Gasteiger partial charge in [-0.1, -0.05) is 12.1 Å². The molecule has 4 nitrogen and oxygen atoms in total. The highest BCUT2D eigenvalue weighted by Gasteiger charge is 2.52. The van der Waals surface area contributed by atoms with Gasteiger partial charge in [-0.25, -0.2) is 13.4 Å². The third-order valence-electron chi connectivity index (χ3n) is 4.85. The van der Waals surface area contributed by atoms with Gasteiger partial charge >= 0.3 is 0 Å². The Kier molecular flexibility index (Phi) is 3.38. The minimum absolute atomic E-state index is 0.0397. The zero-order valence-corrected chi connectivity index (χ0v) is 15.0. The molecule has 1 saturated heterocycles. The Morgan fingerprint density at radius 3 is 2.74 bits per heavy atom. The van der Waals surface area contributed by atoms with Gasteiger partial charge in [0.05, 0.1) is 27.7 Å². The van der Waals surface area contributed by atoms with E-state index in [-0.39, 0.29) is 21.8 Å². The highest BCUT2D eigenvalue weighted by atomic mass is 32.2. The van der Waals surface area contributed by atoms with Crippen molar-refractivity contribution in [1.29, 1.82) is 0 Å². The molecule has 1 aromatic heterocycles. The number of hydrogen-bond donors (Lipinski definition) is 0. The highest BCUT2D eigenvalue weighted by molar-refractivity contribution is 7.93. The van der Waals surface area contributed by atoms with E-state index < -0.39 is 9.84 Å². The maximum atomic E-state index is 12.8. The molecule has 0 amide bonds. The first kappa shape index (κ1) is 15.5. The average Bonchev–Trinajstić information content (AvgIpc) is 3.01. The van der Waals surface area contributed by atoms with Crippen molar-refractivity contribution < 1.29 is 13.2 Å². The zero-order valence-electron chi connectivity index (χ0n) is 13.4. The van der Waals surface area contributed by atoms with Crippen molar-refractivity contribution >= 4 is 31.4 Å². The molecule has 1 saturated carbocycles. The molecule has 0 radical (unpaired) electrons. The summed E-state index contributed by atoms with van der Waals surface area (Å²) in [4.78, 5) is 4.31. The monoisotopic (exact) mass is 351 g/mol. The molecule has 4 rings (SSSR count). The van der Waals surface area contributed by atoms with E-state index >= 15 is 0 Å². The zero-order chi connectivity index (χ0) is 16.3. The van der Waals surface area contributed by atoms with Gasteiger partial charge in [-0.15, -0.1) is 11.3 Å². The van der Waals surface area contributed by atoms with Gasteiger partial charge in [0.15, 0.2) is 0 Å². The molecule has 6 heteroatoms. The number of ether oxygens (including phenoxy) is 1. The van der Waals surface area contributed by atoms with E-state index in [4.69, 9.17) is 4.74 Å². The van der Waals surface area contributed by atoms with Gasteiger partial charge < -0.3 is 4.74 Å². The predicted octanol–water partition coefficient (Wildman–Crippen LogP) is 3.81. The molecule has 2 heterocycles. The molecule has 1 aliphatic carbocycles. The Morgan fingerprint density at radius 2 is 2.04 bits per heavy atom. The van der Waals surface area contributed by atoms with Crippen LogP contribution in [0.25, 0.3) is 10.2 Å². The third-order valence-corrected chi connectivity index (χ3v) is 8.13. The summed E-state index contributed by atoms with van der Waals surface area (Å²) in [5.74, 6) is 0.0397. The number of fused-ring (bicyclic) bond motifs is 1. The van der Waals surface area contributed by atoms with E-state index in [0.717, 1.165) is 23.1 Å². The predicted molar refractivity (Wildman–Crippen MR) is 91.5 cm³/mol. The van der Waals surface area contributed by atoms with Crippen LogP contribution in [0.2, 0.25) is 0 Å². The molecule has 1 aliphatic heterocycles. The van der Waals surface area contributed by atoms with Gasteiger partial charge in [-0.05, 0) is 57.1 Å². The van der Waals surface area contributed by atoms with Gasteiger partial charge in [0.1, 0.15) is 0 Å². The summed E-state index contributed by atoms with van der Waals surface area (Å²) in [6.07, 6.45) is 4.09. The number of aromatic nitrogens is 1. The number of rotatable bonds is 3. The molecule has 0 N–H and O–H groups in total. The molecular formula is C17H21NO3S2. The molecule has 0 bridgehead atoms. The van der Waals surface area contributed by atoms with Crippen LogP contribution in [-0.4, -0.2) is 30.9 Å². The Hall–Kier alpha value is -0.980. The van der Waals surface area contributed by atoms with Gasteiger partial charge in [-0.3, -0.25) is 0 Å². The maximum absolute atomic E-state index is 12.8. The van der Waals surface area contributed by atoms with Crippen molar-refractivity contribution in [2.45, 2.75) is 55.6 Å². The first-order chi connectivity index (χ1) is 10.8. The van der Waals surface area contributed by atoms with Gasteiger partial charge in [0.2, 0.25) is 14.2 Å². The second-order valence-electron chi connectivity index (χ2n) is 7.61. The standard InChI is InChI=1S/C17H21NO3S2/c1-16(2)11-17(7-8-17)9-12(21-16)10-23(19,20)15-18-13-5-3-4-6-14(13)22-15/h3-6,12H,7-11H2,1-2H3/t12-/m0/s1. The van der Waals surface area contributed by atoms with E-state index in [9.17, 15) is 8.42 Å². The molecule has 1 aromatic carbocycles. The summed E-state index contributed by atoms with van der Waals surface area (Å²) in [6, 6.07) is 7.54. The number of thiazole rings is 1. The molecule has 23 heavy (non-hydrogen) atoms. The molecule has 1 atom stereocenters. The van der Waals surface area contributed by atoms with Crippen molar-refractivity contribution in [3.63, 3.8) is 0 Å². The summed E-state index contributed by atoms with van der Waals surface area (Å²) < 4.78 is 32.8. The van der Waals surface area contributed by atoms with Crippen LogP contribution in [0.5, 0.6) is 0 Å². The molecule has 2 fully saturated rings. The van der Waals surface area contributed by atoms with E-state index in [1.54, 1.807) is 0 Å². The Balaban J connectivity index is 1.59. The summed E-state index contributed by atoms with van der Waals surface area (Å²) in [5, 5.41) is 0. The van der Waals surface area contributed by atoms with Crippen LogP contribution >= 0.6 is 11.3 Å². The van der Waals surface area contributed by atoms with Gasteiger partial charge in [0, 0.05) is 0 Å².